The normalized spacial score (nSPS) is 8.92. The van der Waals surface area contributed by atoms with E-state index >= 15 is 0 Å². The first kappa shape index (κ1) is 11.2. The van der Waals surface area contributed by atoms with Crippen LogP contribution in [0.5, 0.6) is 0 Å². The minimum Gasteiger partial charge on any atom is -0.467 e. The third kappa shape index (κ3) is 4.97. The summed E-state index contributed by atoms with van der Waals surface area (Å²) in [6.07, 6.45) is 2.71. The van der Waals surface area contributed by atoms with Gasteiger partial charge in [0.1, 0.15) is 12.4 Å². The Morgan fingerprint density at radius 1 is 1.42 bits per heavy atom. The summed E-state index contributed by atoms with van der Waals surface area (Å²) in [5.74, 6) is 0.897. The summed E-state index contributed by atoms with van der Waals surface area (Å²) < 4.78 is 10.3. The molecular formula is C10H18O2. The molecule has 1 aromatic rings. The second kappa shape index (κ2) is 8.34. The van der Waals surface area contributed by atoms with Crippen LogP contribution in [0.2, 0.25) is 0 Å². The second-order valence-corrected chi connectivity index (χ2v) is 2.13. The zero-order chi connectivity index (χ0) is 9.23. The Morgan fingerprint density at radius 2 is 2.17 bits per heavy atom. The van der Waals surface area contributed by atoms with E-state index < -0.39 is 0 Å². The molecule has 0 unspecified atom stereocenters. The predicted molar refractivity (Wildman–Crippen MR) is 50.0 cm³/mol. The van der Waals surface area contributed by atoms with E-state index in [0.717, 1.165) is 18.8 Å². The van der Waals surface area contributed by atoms with Crippen LogP contribution in [0, 0.1) is 0 Å². The highest BCUT2D eigenvalue weighted by atomic mass is 16.5. The number of hydrogen-bond acceptors (Lipinski definition) is 2. The van der Waals surface area contributed by atoms with Crippen molar-refractivity contribution in [2.45, 2.75) is 33.8 Å². The second-order valence-electron chi connectivity index (χ2n) is 2.13. The molecular weight excluding hydrogens is 152 g/mol. The van der Waals surface area contributed by atoms with Crippen molar-refractivity contribution in [2.24, 2.45) is 0 Å². The first-order chi connectivity index (χ1) is 5.93. The zero-order valence-corrected chi connectivity index (χ0v) is 8.17. The molecule has 1 rings (SSSR count). The minimum atomic E-state index is 0.598. The molecule has 12 heavy (non-hydrogen) atoms. The van der Waals surface area contributed by atoms with Gasteiger partial charge < -0.3 is 9.15 Å². The molecule has 1 aromatic heterocycles. The molecule has 0 amide bonds. The van der Waals surface area contributed by atoms with Gasteiger partial charge in [0.05, 0.1) is 6.26 Å². The topological polar surface area (TPSA) is 22.4 Å². The summed E-state index contributed by atoms with van der Waals surface area (Å²) in [6.45, 7) is 7.49. The van der Waals surface area contributed by atoms with E-state index in [0.29, 0.717) is 6.61 Å². The van der Waals surface area contributed by atoms with Crippen molar-refractivity contribution >= 4 is 0 Å². The van der Waals surface area contributed by atoms with Gasteiger partial charge in [-0.3, -0.25) is 0 Å². The Labute approximate surface area is 74.5 Å². The van der Waals surface area contributed by atoms with Crippen LogP contribution in [-0.2, 0) is 11.3 Å². The van der Waals surface area contributed by atoms with E-state index in [2.05, 4.69) is 6.92 Å². The van der Waals surface area contributed by atoms with Crippen LogP contribution in [0.25, 0.3) is 0 Å². The van der Waals surface area contributed by atoms with Crippen molar-refractivity contribution < 1.29 is 9.15 Å². The molecule has 0 aliphatic rings. The summed E-state index contributed by atoms with van der Waals surface area (Å²) in [6, 6.07) is 3.78. The molecule has 70 valence electrons. The lowest BCUT2D eigenvalue weighted by Gasteiger charge is -1.96. The molecule has 1 heterocycles. The molecule has 0 bridgehead atoms. The third-order valence-electron chi connectivity index (χ3n) is 1.17. The monoisotopic (exact) mass is 170 g/mol. The smallest absolute Gasteiger partial charge is 0.129 e. The average Bonchev–Trinajstić information content (AvgIpc) is 2.61. The van der Waals surface area contributed by atoms with Gasteiger partial charge in [0.2, 0.25) is 0 Å². The molecule has 0 saturated carbocycles. The van der Waals surface area contributed by atoms with Crippen LogP contribution < -0.4 is 0 Å². The van der Waals surface area contributed by atoms with Gasteiger partial charge >= 0.3 is 0 Å². The fourth-order valence-electron chi connectivity index (χ4n) is 0.712. The summed E-state index contributed by atoms with van der Waals surface area (Å²) in [5.41, 5.74) is 0. The molecule has 0 radical (unpaired) electrons. The summed E-state index contributed by atoms with van der Waals surface area (Å²) >= 11 is 0. The highest BCUT2D eigenvalue weighted by molar-refractivity contribution is 4.95. The van der Waals surface area contributed by atoms with Crippen LogP contribution in [0.3, 0.4) is 0 Å². The first-order valence-corrected chi connectivity index (χ1v) is 4.53. The van der Waals surface area contributed by atoms with Crippen LogP contribution in [0.4, 0.5) is 0 Å². The molecule has 0 aliphatic carbocycles. The lowest BCUT2D eigenvalue weighted by Crippen LogP contribution is -1.91. The first-order valence-electron chi connectivity index (χ1n) is 4.53. The maximum absolute atomic E-state index is 5.23. The number of ether oxygens (including phenoxy) is 1. The zero-order valence-electron chi connectivity index (χ0n) is 8.17. The molecule has 0 fully saturated rings. The fourth-order valence-corrected chi connectivity index (χ4v) is 0.712. The molecule has 2 heteroatoms. The highest BCUT2D eigenvalue weighted by Gasteiger charge is 1.92. The Morgan fingerprint density at radius 3 is 2.67 bits per heavy atom. The Kier molecular flexibility index (Phi) is 7.81. The Hall–Kier alpha value is -0.760. The van der Waals surface area contributed by atoms with Crippen molar-refractivity contribution in [3.05, 3.63) is 24.2 Å². The van der Waals surface area contributed by atoms with Gasteiger partial charge in [0.25, 0.3) is 0 Å². The standard InChI is InChI=1S/C8H12O2.C2H6/c1-2-5-9-7-8-4-3-6-10-8;1-2/h3-4,6H,2,5,7H2,1H3;1-2H3. The van der Waals surface area contributed by atoms with Gasteiger partial charge in [-0.1, -0.05) is 20.8 Å². The van der Waals surface area contributed by atoms with E-state index in [1.54, 1.807) is 6.26 Å². The van der Waals surface area contributed by atoms with Crippen molar-refractivity contribution in [3.63, 3.8) is 0 Å². The number of hydrogen-bond donors (Lipinski definition) is 0. The van der Waals surface area contributed by atoms with Crippen molar-refractivity contribution in [2.75, 3.05) is 6.61 Å². The molecule has 0 atom stereocenters. The predicted octanol–water partition coefficient (Wildman–Crippen LogP) is 3.23. The molecule has 0 saturated heterocycles. The molecule has 0 aromatic carbocycles. The van der Waals surface area contributed by atoms with E-state index in [-0.39, 0.29) is 0 Å². The van der Waals surface area contributed by atoms with E-state index in [1.165, 1.54) is 0 Å². The van der Waals surface area contributed by atoms with E-state index in [9.17, 15) is 0 Å². The van der Waals surface area contributed by atoms with Gasteiger partial charge in [-0.05, 0) is 18.6 Å². The maximum Gasteiger partial charge on any atom is 0.129 e. The minimum absolute atomic E-state index is 0.598. The van der Waals surface area contributed by atoms with Gasteiger partial charge in [0.15, 0.2) is 0 Å². The molecule has 0 N–H and O–H groups in total. The summed E-state index contributed by atoms with van der Waals surface area (Å²) in [7, 11) is 0. The average molecular weight is 170 g/mol. The largest absolute Gasteiger partial charge is 0.467 e. The Bertz CT molecular complexity index is 156. The van der Waals surface area contributed by atoms with Crippen molar-refractivity contribution in [1.82, 2.24) is 0 Å². The van der Waals surface area contributed by atoms with Gasteiger partial charge in [0, 0.05) is 6.61 Å². The van der Waals surface area contributed by atoms with Gasteiger partial charge in [-0.2, -0.15) is 0 Å². The van der Waals surface area contributed by atoms with Crippen molar-refractivity contribution in [1.29, 1.82) is 0 Å². The van der Waals surface area contributed by atoms with E-state index in [4.69, 9.17) is 9.15 Å². The molecule has 2 nitrogen and oxygen atoms in total. The van der Waals surface area contributed by atoms with Crippen LogP contribution in [0.15, 0.2) is 22.8 Å². The lowest BCUT2D eigenvalue weighted by atomic mass is 10.5. The molecule has 0 aliphatic heterocycles. The Balaban J connectivity index is 0.000000561. The quantitative estimate of drug-likeness (QED) is 0.647. The van der Waals surface area contributed by atoms with Crippen LogP contribution in [-0.4, -0.2) is 6.61 Å². The fraction of sp³-hybridized carbons (Fsp3) is 0.600. The maximum atomic E-state index is 5.23. The number of rotatable bonds is 4. The SMILES string of the molecule is CC.CCCOCc1ccco1. The van der Waals surface area contributed by atoms with E-state index in [1.807, 2.05) is 26.0 Å². The summed E-state index contributed by atoms with van der Waals surface area (Å²) in [5, 5.41) is 0. The molecule has 0 spiro atoms. The number of furan rings is 1. The summed E-state index contributed by atoms with van der Waals surface area (Å²) in [4.78, 5) is 0. The third-order valence-corrected chi connectivity index (χ3v) is 1.17. The van der Waals surface area contributed by atoms with Gasteiger partial charge in [-0.25, -0.2) is 0 Å². The van der Waals surface area contributed by atoms with Gasteiger partial charge in [-0.15, -0.1) is 0 Å². The van der Waals surface area contributed by atoms with Crippen molar-refractivity contribution in [3.8, 4) is 0 Å². The van der Waals surface area contributed by atoms with Crippen LogP contribution >= 0.6 is 0 Å². The lowest BCUT2D eigenvalue weighted by molar-refractivity contribution is 0.107. The van der Waals surface area contributed by atoms with Crippen LogP contribution in [0.1, 0.15) is 33.0 Å². The highest BCUT2D eigenvalue weighted by Crippen LogP contribution is 2.01.